The predicted octanol–water partition coefficient (Wildman–Crippen LogP) is 4.11. The molecular formula is C21H21N5O2S. The zero-order chi connectivity index (χ0) is 20.2. The maximum atomic E-state index is 12.7. The molecule has 1 aromatic carbocycles. The number of amides is 1. The van der Waals surface area contributed by atoms with Crippen molar-refractivity contribution in [2.45, 2.75) is 24.4 Å². The van der Waals surface area contributed by atoms with Crippen LogP contribution in [-0.2, 0) is 19.3 Å². The molecule has 0 bridgehead atoms. The topological polar surface area (TPSA) is 77.9 Å². The standard InChI is InChI=1S/C21H21N5O2S/c1-15-12-19(26(24-15)13-16-6-4-3-5-7-16)23-20(27)18-9-8-17(28-18)14-29-21-22-10-11-25(21)2/h3-12H,13-14H2,1-2H3,(H,23,27). The van der Waals surface area contributed by atoms with Gasteiger partial charge in [0.15, 0.2) is 10.9 Å². The van der Waals surface area contributed by atoms with Gasteiger partial charge in [-0.05, 0) is 24.6 Å². The van der Waals surface area contributed by atoms with E-state index in [1.807, 2.05) is 67.2 Å². The number of carbonyl (C=O) groups excluding carboxylic acids is 1. The van der Waals surface area contributed by atoms with Crippen LogP contribution in [0.2, 0.25) is 0 Å². The van der Waals surface area contributed by atoms with Gasteiger partial charge in [-0.25, -0.2) is 9.67 Å². The molecule has 0 radical (unpaired) electrons. The van der Waals surface area contributed by atoms with Gasteiger partial charge in [0, 0.05) is 25.5 Å². The minimum atomic E-state index is -0.299. The SMILES string of the molecule is Cc1cc(NC(=O)c2ccc(CSc3nccn3C)o2)n(Cc2ccccc2)n1. The normalized spacial score (nSPS) is 11.0. The number of carbonyl (C=O) groups is 1. The van der Waals surface area contributed by atoms with Crippen LogP contribution in [0.1, 0.15) is 27.6 Å². The molecule has 0 unspecified atom stereocenters. The minimum Gasteiger partial charge on any atom is -0.455 e. The molecule has 7 nitrogen and oxygen atoms in total. The van der Waals surface area contributed by atoms with E-state index in [1.165, 1.54) is 0 Å². The Labute approximate surface area is 172 Å². The Kier molecular flexibility index (Phi) is 5.53. The lowest BCUT2D eigenvalue weighted by molar-refractivity contribution is 0.0994. The summed E-state index contributed by atoms with van der Waals surface area (Å²) < 4.78 is 9.44. The van der Waals surface area contributed by atoms with Crippen molar-refractivity contribution in [3.8, 4) is 0 Å². The number of anilines is 1. The molecule has 4 rings (SSSR count). The van der Waals surface area contributed by atoms with E-state index in [-0.39, 0.29) is 11.7 Å². The highest BCUT2D eigenvalue weighted by Gasteiger charge is 2.15. The van der Waals surface area contributed by atoms with E-state index >= 15 is 0 Å². The van der Waals surface area contributed by atoms with Gasteiger partial charge in [-0.3, -0.25) is 4.79 Å². The summed E-state index contributed by atoms with van der Waals surface area (Å²) in [4.78, 5) is 16.9. The molecule has 29 heavy (non-hydrogen) atoms. The number of thioether (sulfide) groups is 1. The Morgan fingerprint density at radius 2 is 2.03 bits per heavy atom. The number of nitrogens with zero attached hydrogens (tertiary/aromatic N) is 4. The van der Waals surface area contributed by atoms with Crippen LogP contribution >= 0.6 is 11.8 Å². The number of imidazole rings is 1. The van der Waals surface area contributed by atoms with Crippen LogP contribution in [0.4, 0.5) is 5.82 Å². The summed E-state index contributed by atoms with van der Waals surface area (Å²) in [5, 5.41) is 8.28. The van der Waals surface area contributed by atoms with E-state index < -0.39 is 0 Å². The minimum absolute atomic E-state index is 0.269. The van der Waals surface area contributed by atoms with Crippen molar-refractivity contribution in [1.29, 1.82) is 0 Å². The van der Waals surface area contributed by atoms with Crippen LogP contribution in [-0.4, -0.2) is 25.2 Å². The van der Waals surface area contributed by atoms with Crippen LogP contribution in [0.5, 0.6) is 0 Å². The van der Waals surface area contributed by atoms with E-state index in [2.05, 4.69) is 15.4 Å². The van der Waals surface area contributed by atoms with Crippen molar-refractivity contribution in [1.82, 2.24) is 19.3 Å². The number of furan rings is 1. The van der Waals surface area contributed by atoms with Crippen LogP contribution in [0, 0.1) is 6.92 Å². The average molecular weight is 407 g/mol. The molecule has 3 aromatic heterocycles. The van der Waals surface area contributed by atoms with Gasteiger partial charge in [-0.15, -0.1) is 0 Å². The van der Waals surface area contributed by atoms with Gasteiger partial charge in [0.05, 0.1) is 18.0 Å². The van der Waals surface area contributed by atoms with Gasteiger partial charge in [-0.1, -0.05) is 42.1 Å². The summed E-state index contributed by atoms with van der Waals surface area (Å²) in [6, 6.07) is 15.4. The summed E-state index contributed by atoms with van der Waals surface area (Å²) in [5.41, 5.74) is 1.94. The number of aryl methyl sites for hydroxylation is 2. The fraction of sp³-hybridized carbons (Fsp3) is 0.190. The van der Waals surface area contributed by atoms with Gasteiger partial charge in [0.25, 0.3) is 5.91 Å². The first-order chi connectivity index (χ1) is 14.1. The second kappa shape index (κ2) is 8.40. The molecule has 0 aliphatic carbocycles. The molecule has 8 heteroatoms. The Morgan fingerprint density at radius 3 is 2.79 bits per heavy atom. The first kappa shape index (κ1) is 19.1. The number of hydrogen-bond donors (Lipinski definition) is 1. The van der Waals surface area contributed by atoms with Gasteiger partial charge in [0.1, 0.15) is 11.6 Å². The summed E-state index contributed by atoms with van der Waals surface area (Å²) in [5.74, 6) is 1.93. The number of hydrogen-bond acceptors (Lipinski definition) is 5. The van der Waals surface area contributed by atoms with Gasteiger partial charge >= 0.3 is 0 Å². The predicted molar refractivity (Wildman–Crippen MR) is 112 cm³/mol. The Balaban J connectivity index is 1.42. The van der Waals surface area contributed by atoms with Crippen LogP contribution in [0.3, 0.4) is 0 Å². The summed E-state index contributed by atoms with van der Waals surface area (Å²) in [7, 11) is 1.94. The molecule has 1 amide bonds. The zero-order valence-corrected chi connectivity index (χ0v) is 17.0. The van der Waals surface area contributed by atoms with Gasteiger partial charge in [-0.2, -0.15) is 5.10 Å². The molecule has 0 spiro atoms. The second-order valence-corrected chi connectivity index (χ2v) is 7.59. The number of aromatic nitrogens is 4. The lowest BCUT2D eigenvalue weighted by atomic mass is 10.2. The van der Waals surface area contributed by atoms with Crippen LogP contribution in [0.25, 0.3) is 0 Å². The van der Waals surface area contributed by atoms with Crippen molar-refractivity contribution in [3.63, 3.8) is 0 Å². The van der Waals surface area contributed by atoms with E-state index in [4.69, 9.17) is 4.42 Å². The molecular weight excluding hydrogens is 386 g/mol. The Hall–Kier alpha value is -3.26. The molecule has 0 aliphatic heterocycles. The second-order valence-electron chi connectivity index (χ2n) is 6.64. The highest BCUT2D eigenvalue weighted by molar-refractivity contribution is 7.98. The van der Waals surface area contributed by atoms with Crippen LogP contribution in [0.15, 0.2) is 70.5 Å². The molecule has 0 saturated carbocycles. The fourth-order valence-corrected chi connectivity index (χ4v) is 3.73. The smallest absolute Gasteiger partial charge is 0.292 e. The van der Waals surface area contributed by atoms with E-state index in [0.29, 0.717) is 18.1 Å². The first-order valence-electron chi connectivity index (χ1n) is 9.17. The van der Waals surface area contributed by atoms with Crippen LogP contribution < -0.4 is 5.32 Å². The lowest BCUT2D eigenvalue weighted by Gasteiger charge is -2.08. The van der Waals surface area contributed by atoms with Crippen molar-refractivity contribution in [2.75, 3.05) is 5.32 Å². The maximum absolute atomic E-state index is 12.7. The molecule has 4 aromatic rings. The fourth-order valence-electron chi connectivity index (χ4n) is 2.91. The van der Waals surface area contributed by atoms with E-state index in [0.717, 1.165) is 22.2 Å². The third-order valence-corrected chi connectivity index (χ3v) is 5.41. The average Bonchev–Trinajstić information content (AvgIpc) is 3.42. The number of rotatable bonds is 7. The zero-order valence-electron chi connectivity index (χ0n) is 16.2. The van der Waals surface area contributed by atoms with E-state index in [1.54, 1.807) is 28.7 Å². The molecule has 0 fully saturated rings. The van der Waals surface area contributed by atoms with Crippen molar-refractivity contribution >= 4 is 23.5 Å². The molecule has 1 N–H and O–H groups in total. The molecule has 148 valence electrons. The first-order valence-corrected chi connectivity index (χ1v) is 10.2. The number of nitrogens with one attached hydrogen (secondary N) is 1. The third-order valence-electron chi connectivity index (χ3n) is 4.32. The highest BCUT2D eigenvalue weighted by Crippen LogP contribution is 2.22. The molecule has 3 heterocycles. The monoisotopic (exact) mass is 407 g/mol. The Bertz CT molecular complexity index is 1110. The summed E-state index contributed by atoms with van der Waals surface area (Å²) >= 11 is 1.56. The van der Waals surface area contributed by atoms with Crippen molar-refractivity contribution < 1.29 is 9.21 Å². The third kappa shape index (κ3) is 4.60. The number of benzene rings is 1. The highest BCUT2D eigenvalue weighted by atomic mass is 32.2. The maximum Gasteiger partial charge on any atom is 0.292 e. The van der Waals surface area contributed by atoms with Crippen molar-refractivity contribution in [2.24, 2.45) is 7.05 Å². The van der Waals surface area contributed by atoms with E-state index in [9.17, 15) is 4.79 Å². The van der Waals surface area contributed by atoms with Gasteiger partial charge in [0.2, 0.25) is 0 Å². The lowest BCUT2D eigenvalue weighted by Crippen LogP contribution is -2.15. The van der Waals surface area contributed by atoms with Gasteiger partial charge < -0.3 is 14.3 Å². The largest absolute Gasteiger partial charge is 0.455 e. The summed E-state index contributed by atoms with van der Waals surface area (Å²) in [6.07, 6.45) is 3.65. The molecule has 0 saturated heterocycles. The molecule has 0 aliphatic rings. The quantitative estimate of drug-likeness (QED) is 0.467. The molecule has 0 atom stereocenters. The van der Waals surface area contributed by atoms with Crippen molar-refractivity contribution in [3.05, 3.63) is 83.7 Å². The summed E-state index contributed by atoms with van der Waals surface area (Å²) in [6.45, 7) is 2.48. The Morgan fingerprint density at radius 1 is 1.21 bits per heavy atom.